The fraction of sp³-hybridized carbons (Fsp3) is 0.462. The largest absolute Gasteiger partial charge is 0.490 e. The first-order valence-corrected chi connectivity index (χ1v) is 12.7. The van der Waals surface area contributed by atoms with Gasteiger partial charge in [-0.3, -0.25) is 14.6 Å². The van der Waals surface area contributed by atoms with Crippen molar-refractivity contribution in [2.45, 2.75) is 27.7 Å². The smallest absolute Gasteiger partial charge is 0.260 e. The summed E-state index contributed by atoms with van der Waals surface area (Å²) in [5.41, 5.74) is 3.84. The predicted molar refractivity (Wildman–Crippen MR) is 137 cm³/mol. The van der Waals surface area contributed by atoms with Crippen LogP contribution in [0.4, 0.5) is 5.13 Å². The molecule has 0 aliphatic carbocycles. The highest BCUT2D eigenvalue weighted by atomic mass is 32.1. The first-order valence-electron chi connectivity index (χ1n) is 11.9. The van der Waals surface area contributed by atoms with Crippen molar-refractivity contribution in [3.05, 3.63) is 47.0 Å². The summed E-state index contributed by atoms with van der Waals surface area (Å²) in [6, 6.07) is 9.64. The fourth-order valence-electron chi connectivity index (χ4n) is 4.17. The number of carbonyl (C=O) groups is 1. The van der Waals surface area contributed by atoms with Crippen molar-refractivity contribution >= 4 is 32.6 Å². The van der Waals surface area contributed by atoms with Gasteiger partial charge in [0.1, 0.15) is 0 Å². The quantitative estimate of drug-likeness (QED) is 0.440. The summed E-state index contributed by atoms with van der Waals surface area (Å²) in [6.07, 6.45) is 0. The summed E-state index contributed by atoms with van der Waals surface area (Å²) in [6.45, 7) is 13.6. The topological polar surface area (TPSA) is 64.1 Å². The molecule has 0 radical (unpaired) electrons. The average molecular weight is 484 g/mol. The minimum Gasteiger partial charge on any atom is -0.490 e. The van der Waals surface area contributed by atoms with Gasteiger partial charge in [-0.05, 0) is 63.1 Å². The molecule has 0 N–H and O–H groups in total. The Morgan fingerprint density at radius 1 is 1.09 bits per heavy atom. The summed E-state index contributed by atoms with van der Waals surface area (Å²) in [4.78, 5) is 22.8. The molecule has 0 saturated carbocycles. The third kappa shape index (κ3) is 5.51. The lowest BCUT2D eigenvalue weighted by Crippen LogP contribution is -2.43. The third-order valence-electron chi connectivity index (χ3n) is 5.82. The zero-order valence-corrected chi connectivity index (χ0v) is 21.2. The molecule has 0 atom stereocenters. The lowest BCUT2D eigenvalue weighted by Gasteiger charge is -2.29. The molecule has 7 nitrogen and oxygen atoms in total. The SMILES string of the molecule is CCOc1ccc(C(=O)N(CCN2CCOCC2)c2nc3cc(C)cc(C)c3s2)cc1OCC. The zero-order valence-electron chi connectivity index (χ0n) is 20.4. The van der Waals surface area contributed by atoms with Crippen LogP contribution >= 0.6 is 11.3 Å². The molecule has 3 aromatic rings. The van der Waals surface area contributed by atoms with Gasteiger partial charge in [-0.2, -0.15) is 0 Å². The highest BCUT2D eigenvalue weighted by Crippen LogP contribution is 2.34. The van der Waals surface area contributed by atoms with E-state index in [0.717, 1.165) is 43.1 Å². The number of rotatable bonds is 9. The van der Waals surface area contributed by atoms with Crippen molar-refractivity contribution < 1.29 is 19.0 Å². The van der Waals surface area contributed by atoms with Gasteiger partial charge in [0.15, 0.2) is 16.6 Å². The van der Waals surface area contributed by atoms with Crippen LogP contribution in [-0.2, 0) is 4.74 Å². The van der Waals surface area contributed by atoms with Gasteiger partial charge in [0, 0.05) is 31.7 Å². The highest BCUT2D eigenvalue weighted by molar-refractivity contribution is 7.22. The van der Waals surface area contributed by atoms with E-state index in [1.54, 1.807) is 28.4 Å². The van der Waals surface area contributed by atoms with Crippen LogP contribution in [0.1, 0.15) is 35.3 Å². The van der Waals surface area contributed by atoms with Crippen molar-refractivity contribution in [3.63, 3.8) is 0 Å². The molecule has 2 heterocycles. The van der Waals surface area contributed by atoms with Gasteiger partial charge in [0.25, 0.3) is 5.91 Å². The minimum absolute atomic E-state index is 0.0920. The average Bonchev–Trinajstić information content (AvgIpc) is 3.25. The van der Waals surface area contributed by atoms with Gasteiger partial charge in [-0.15, -0.1) is 0 Å². The molecule has 34 heavy (non-hydrogen) atoms. The van der Waals surface area contributed by atoms with Crippen LogP contribution in [0.3, 0.4) is 0 Å². The predicted octanol–water partition coefficient (Wildman–Crippen LogP) is 4.69. The molecule has 1 amide bonds. The molecule has 1 saturated heterocycles. The Balaban J connectivity index is 1.68. The Labute approximate surface area is 205 Å². The molecule has 2 aromatic carbocycles. The van der Waals surface area contributed by atoms with Crippen LogP contribution in [-0.4, -0.2) is 68.4 Å². The van der Waals surface area contributed by atoms with Crippen LogP contribution in [0.2, 0.25) is 0 Å². The summed E-state index contributed by atoms with van der Waals surface area (Å²) in [5.74, 6) is 1.14. The molecule has 4 rings (SSSR count). The number of morpholine rings is 1. The summed E-state index contributed by atoms with van der Waals surface area (Å²) >= 11 is 1.57. The number of hydrogen-bond donors (Lipinski definition) is 0. The monoisotopic (exact) mass is 483 g/mol. The first-order chi connectivity index (χ1) is 16.5. The van der Waals surface area contributed by atoms with E-state index < -0.39 is 0 Å². The number of ether oxygens (including phenoxy) is 3. The number of hydrogen-bond acceptors (Lipinski definition) is 7. The molecular weight excluding hydrogens is 450 g/mol. The van der Waals surface area contributed by atoms with Crippen molar-refractivity contribution in [2.75, 3.05) is 57.5 Å². The standard InChI is InChI=1S/C26H33N3O4S/c1-5-32-22-8-7-20(17-23(22)33-6-2)25(30)29(10-9-28-11-13-31-14-12-28)26-27-21-16-18(3)15-19(4)24(21)34-26/h7-8,15-17H,5-6,9-14H2,1-4H3. The van der Waals surface area contributed by atoms with Crippen LogP contribution in [0.5, 0.6) is 11.5 Å². The van der Waals surface area contributed by atoms with Crippen LogP contribution < -0.4 is 14.4 Å². The van der Waals surface area contributed by atoms with E-state index in [1.165, 1.54) is 11.1 Å². The lowest BCUT2D eigenvalue weighted by atomic mass is 10.1. The molecule has 0 bridgehead atoms. The molecule has 182 valence electrons. The van der Waals surface area contributed by atoms with E-state index >= 15 is 0 Å². The molecule has 8 heteroatoms. The number of anilines is 1. The summed E-state index contributed by atoms with van der Waals surface area (Å²) in [5, 5.41) is 0.716. The zero-order chi connectivity index (χ0) is 24.1. The van der Waals surface area contributed by atoms with Crippen molar-refractivity contribution in [2.24, 2.45) is 0 Å². The van der Waals surface area contributed by atoms with Gasteiger partial charge < -0.3 is 14.2 Å². The second kappa shape index (κ2) is 11.2. The minimum atomic E-state index is -0.0920. The van der Waals surface area contributed by atoms with Crippen LogP contribution in [0.15, 0.2) is 30.3 Å². The van der Waals surface area contributed by atoms with E-state index in [1.807, 2.05) is 19.9 Å². The maximum absolute atomic E-state index is 13.8. The van der Waals surface area contributed by atoms with E-state index in [-0.39, 0.29) is 5.91 Å². The van der Waals surface area contributed by atoms with E-state index in [2.05, 4.69) is 30.9 Å². The second-order valence-corrected chi connectivity index (χ2v) is 9.34. The summed E-state index contributed by atoms with van der Waals surface area (Å²) in [7, 11) is 0. The third-order valence-corrected chi connectivity index (χ3v) is 7.05. The number of benzene rings is 2. The number of amides is 1. The van der Waals surface area contributed by atoms with Crippen molar-refractivity contribution in [3.8, 4) is 11.5 Å². The molecule has 0 unspecified atom stereocenters. The van der Waals surface area contributed by atoms with Gasteiger partial charge in [0.2, 0.25) is 0 Å². The molecular formula is C26H33N3O4S. The van der Waals surface area contributed by atoms with E-state index in [9.17, 15) is 4.79 Å². The highest BCUT2D eigenvalue weighted by Gasteiger charge is 2.24. The molecule has 1 aliphatic heterocycles. The number of carbonyl (C=O) groups excluding carboxylic acids is 1. The van der Waals surface area contributed by atoms with Gasteiger partial charge in [-0.1, -0.05) is 17.4 Å². The van der Waals surface area contributed by atoms with Crippen LogP contribution in [0, 0.1) is 13.8 Å². The molecule has 1 aromatic heterocycles. The number of aryl methyl sites for hydroxylation is 2. The maximum atomic E-state index is 13.8. The van der Waals surface area contributed by atoms with Gasteiger partial charge in [-0.25, -0.2) is 4.98 Å². The Bertz CT molecular complexity index is 1140. The fourth-order valence-corrected chi connectivity index (χ4v) is 5.21. The number of nitrogens with zero attached hydrogens (tertiary/aromatic N) is 3. The Morgan fingerprint density at radius 2 is 1.82 bits per heavy atom. The Hall–Kier alpha value is -2.68. The van der Waals surface area contributed by atoms with E-state index in [0.29, 0.717) is 42.0 Å². The second-order valence-electron chi connectivity index (χ2n) is 8.36. The Morgan fingerprint density at radius 3 is 2.56 bits per heavy atom. The maximum Gasteiger partial charge on any atom is 0.260 e. The van der Waals surface area contributed by atoms with Crippen LogP contribution in [0.25, 0.3) is 10.2 Å². The van der Waals surface area contributed by atoms with E-state index in [4.69, 9.17) is 19.2 Å². The van der Waals surface area contributed by atoms with Crippen molar-refractivity contribution in [1.29, 1.82) is 0 Å². The first kappa shape index (κ1) is 24.4. The number of fused-ring (bicyclic) bond motifs is 1. The summed E-state index contributed by atoms with van der Waals surface area (Å²) < 4.78 is 18.0. The normalized spacial score (nSPS) is 14.4. The molecule has 1 aliphatic rings. The molecule has 1 fully saturated rings. The molecule has 0 spiro atoms. The number of aromatic nitrogens is 1. The van der Waals surface area contributed by atoms with Gasteiger partial charge in [0.05, 0.1) is 36.6 Å². The Kier molecular flexibility index (Phi) is 8.03. The number of thiazole rings is 1. The van der Waals surface area contributed by atoms with Gasteiger partial charge >= 0.3 is 0 Å². The lowest BCUT2D eigenvalue weighted by molar-refractivity contribution is 0.0391. The van der Waals surface area contributed by atoms with Crippen molar-refractivity contribution in [1.82, 2.24) is 9.88 Å².